The molecule has 172 valence electrons. The van der Waals surface area contributed by atoms with Gasteiger partial charge in [0.1, 0.15) is 23.7 Å². The van der Waals surface area contributed by atoms with Gasteiger partial charge in [-0.15, -0.1) is 5.10 Å². The Morgan fingerprint density at radius 2 is 2.06 bits per heavy atom. The predicted molar refractivity (Wildman–Crippen MR) is 114 cm³/mol. The molecule has 4 rings (SSSR count). The lowest BCUT2D eigenvalue weighted by Gasteiger charge is -2.37. The molecule has 1 N–H and O–H groups in total. The molecule has 1 unspecified atom stereocenters. The van der Waals surface area contributed by atoms with E-state index in [0.717, 1.165) is 19.3 Å². The number of hydrogen-bond donors (Lipinski definition) is 1. The minimum Gasteiger partial charge on any atom is -0.489 e. The number of likely N-dealkylation sites (tertiary alicyclic amines) is 1. The normalized spacial score (nSPS) is 22.8. The third-order valence-corrected chi connectivity index (χ3v) is 6.38. The summed E-state index contributed by atoms with van der Waals surface area (Å²) in [5.74, 6) is -0.484. The van der Waals surface area contributed by atoms with E-state index in [1.165, 1.54) is 0 Å². The Morgan fingerprint density at radius 3 is 2.72 bits per heavy atom. The first-order valence-electron chi connectivity index (χ1n) is 11.0. The predicted octanol–water partition coefficient (Wildman–Crippen LogP) is 2.94. The van der Waals surface area contributed by atoms with Crippen LogP contribution >= 0.6 is 0 Å². The minimum absolute atomic E-state index is 0.0541. The molecule has 0 bridgehead atoms. The zero-order valence-corrected chi connectivity index (χ0v) is 18.7. The van der Waals surface area contributed by atoms with Gasteiger partial charge in [0.15, 0.2) is 0 Å². The van der Waals surface area contributed by atoms with Gasteiger partial charge in [0.2, 0.25) is 0 Å². The van der Waals surface area contributed by atoms with Gasteiger partial charge in [-0.25, -0.2) is 14.5 Å². The Bertz CT molecular complexity index is 1010. The zero-order chi connectivity index (χ0) is 22.8. The van der Waals surface area contributed by atoms with Gasteiger partial charge >= 0.3 is 12.1 Å². The van der Waals surface area contributed by atoms with Crippen LogP contribution in [0.25, 0.3) is 11.4 Å². The fourth-order valence-electron chi connectivity index (χ4n) is 4.20. The van der Waals surface area contributed by atoms with E-state index in [0.29, 0.717) is 47.9 Å². The molecule has 3 heterocycles. The first-order chi connectivity index (χ1) is 15.3. The topological polar surface area (TPSA) is 120 Å². The maximum absolute atomic E-state index is 12.2. The van der Waals surface area contributed by atoms with Gasteiger partial charge in [0, 0.05) is 19.6 Å². The second kappa shape index (κ2) is 9.13. The monoisotopic (exact) mass is 443 g/mol. The van der Waals surface area contributed by atoms with Gasteiger partial charge in [-0.2, -0.15) is 0 Å². The number of carbonyl (C=O) groups excluding carboxylic acids is 1. The summed E-state index contributed by atoms with van der Waals surface area (Å²) in [7, 11) is 1.75. The van der Waals surface area contributed by atoms with E-state index in [9.17, 15) is 14.7 Å². The molecule has 2 fully saturated rings. The number of nitrogens with zero attached hydrogens (tertiary/aromatic N) is 5. The molecule has 1 aliphatic carbocycles. The van der Waals surface area contributed by atoms with Crippen molar-refractivity contribution >= 4 is 12.1 Å². The second-order valence-electron chi connectivity index (χ2n) is 8.62. The molecule has 3 atom stereocenters. The lowest BCUT2D eigenvalue weighted by Crippen LogP contribution is -2.49. The van der Waals surface area contributed by atoms with Crippen LogP contribution in [0.15, 0.2) is 12.1 Å². The van der Waals surface area contributed by atoms with E-state index in [4.69, 9.17) is 9.47 Å². The molecule has 1 amide bonds. The van der Waals surface area contributed by atoms with E-state index in [2.05, 4.69) is 15.3 Å². The van der Waals surface area contributed by atoms with Crippen LogP contribution in [0.5, 0.6) is 5.75 Å². The molecule has 32 heavy (non-hydrogen) atoms. The molecule has 0 radical (unpaired) electrons. The Hall–Kier alpha value is -3.17. The van der Waals surface area contributed by atoms with Crippen molar-refractivity contribution in [1.29, 1.82) is 0 Å². The van der Waals surface area contributed by atoms with Gasteiger partial charge in [0.05, 0.1) is 23.4 Å². The van der Waals surface area contributed by atoms with Crippen molar-refractivity contribution in [2.45, 2.75) is 64.7 Å². The molecule has 2 aromatic heterocycles. The number of aromatic nitrogens is 4. The number of rotatable bonds is 6. The highest BCUT2D eigenvalue weighted by atomic mass is 16.6. The van der Waals surface area contributed by atoms with Crippen LogP contribution < -0.4 is 4.74 Å². The van der Waals surface area contributed by atoms with E-state index < -0.39 is 5.97 Å². The standard InChI is InChI=1S/C22H29N5O5/c1-13-9-10-27(13)22(30)31-12-18-20(24-25-26(18)3)17-7-8-19(14(2)23-17)32-16-6-4-5-15(11-16)21(28)29/h7-8,13,15-16H,4-6,9-12H2,1-3H3,(H,28,29)/t13?,15-,16-/m0/s1. The summed E-state index contributed by atoms with van der Waals surface area (Å²) in [5.41, 5.74) is 2.50. The number of carbonyl (C=O) groups is 2. The third kappa shape index (κ3) is 4.53. The summed E-state index contributed by atoms with van der Waals surface area (Å²) in [4.78, 5) is 29.9. The van der Waals surface area contributed by atoms with Crippen molar-refractivity contribution in [2.75, 3.05) is 6.54 Å². The molecule has 1 saturated heterocycles. The maximum Gasteiger partial charge on any atom is 0.410 e. The van der Waals surface area contributed by atoms with Gasteiger partial charge in [-0.3, -0.25) is 4.79 Å². The number of carboxylic acid groups (broad SMARTS) is 1. The number of aliphatic carboxylic acids is 1. The third-order valence-electron chi connectivity index (χ3n) is 6.38. The SMILES string of the molecule is Cc1nc(-c2nnn(C)c2COC(=O)N2CCC2C)ccc1O[C@H]1CCC[C@H](C(=O)O)C1. The molecule has 0 aromatic carbocycles. The molecule has 10 nitrogen and oxygen atoms in total. The Labute approximate surface area is 186 Å². The molecule has 2 aliphatic rings. The van der Waals surface area contributed by atoms with E-state index in [1.807, 2.05) is 19.9 Å². The molecular formula is C22H29N5O5. The van der Waals surface area contributed by atoms with Gasteiger partial charge in [-0.1, -0.05) is 5.21 Å². The smallest absolute Gasteiger partial charge is 0.410 e. The summed E-state index contributed by atoms with van der Waals surface area (Å²) in [6, 6.07) is 3.83. The van der Waals surface area contributed by atoms with E-state index in [-0.39, 0.29) is 30.8 Å². The van der Waals surface area contributed by atoms with Crippen molar-refractivity contribution in [3.8, 4) is 17.1 Å². The van der Waals surface area contributed by atoms with Crippen molar-refractivity contribution in [3.05, 3.63) is 23.5 Å². The summed E-state index contributed by atoms with van der Waals surface area (Å²) in [6.07, 6.45) is 3.39. The first kappa shape index (κ1) is 22.0. The average molecular weight is 444 g/mol. The van der Waals surface area contributed by atoms with Crippen LogP contribution in [0, 0.1) is 12.8 Å². The Balaban J connectivity index is 1.45. The summed E-state index contributed by atoms with van der Waals surface area (Å²) in [5, 5.41) is 17.6. The quantitative estimate of drug-likeness (QED) is 0.724. The Morgan fingerprint density at radius 1 is 1.25 bits per heavy atom. The molecule has 1 aliphatic heterocycles. The highest BCUT2D eigenvalue weighted by molar-refractivity contribution is 5.70. The van der Waals surface area contributed by atoms with Crippen molar-refractivity contribution in [2.24, 2.45) is 13.0 Å². The number of aryl methyl sites for hydroxylation is 2. The second-order valence-corrected chi connectivity index (χ2v) is 8.62. The van der Waals surface area contributed by atoms with Crippen LogP contribution in [0.1, 0.15) is 50.4 Å². The maximum atomic E-state index is 12.2. The summed E-state index contributed by atoms with van der Waals surface area (Å²) >= 11 is 0. The first-order valence-corrected chi connectivity index (χ1v) is 11.0. The van der Waals surface area contributed by atoms with E-state index >= 15 is 0 Å². The fourth-order valence-corrected chi connectivity index (χ4v) is 4.20. The number of amides is 1. The van der Waals surface area contributed by atoms with Crippen LogP contribution in [-0.2, 0) is 23.2 Å². The highest BCUT2D eigenvalue weighted by Crippen LogP contribution is 2.30. The fraction of sp³-hybridized carbons (Fsp3) is 0.591. The number of hydrogen-bond acceptors (Lipinski definition) is 7. The van der Waals surface area contributed by atoms with Gasteiger partial charge in [-0.05, 0) is 58.1 Å². The van der Waals surface area contributed by atoms with Crippen LogP contribution in [0.4, 0.5) is 4.79 Å². The van der Waals surface area contributed by atoms with Gasteiger partial charge in [0.25, 0.3) is 0 Å². The van der Waals surface area contributed by atoms with Crippen molar-refractivity contribution < 1.29 is 24.2 Å². The molecule has 2 aromatic rings. The van der Waals surface area contributed by atoms with Crippen LogP contribution in [0.3, 0.4) is 0 Å². The van der Waals surface area contributed by atoms with Crippen LogP contribution in [-0.4, -0.2) is 60.7 Å². The summed E-state index contributed by atoms with van der Waals surface area (Å²) in [6.45, 7) is 4.61. The minimum atomic E-state index is -0.761. The molecule has 10 heteroatoms. The molecule has 0 spiro atoms. The number of pyridine rings is 1. The largest absolute Gasteiger partial charge is 0.489 e. The number of ether oxygens (including phenoxy) is 2. The molecule has 1 saturated carbocycles. The van der Waals surface area contributed by atoms with Gasteiger partial charge < -0.3 is 19.5 Å². The van der Waals surface area contributed by atoms with Crippen LogP contribution in [0.2, 0.25) is 0 Å². The lowest BCUT2D eigenvalue weighted by atomic mass is 9.87. The Kier molecular flexibility index (Phi) is 6.29. The highest BCUT2D eigenvalue weighted by Gasteiger charge is 2.30. The molecular weight excluding hydrogens is 414 g/mol. The van der Waals surface area contributed by atoms with Crippen molar-refractivity contribution in [1.82, 2.24) is 24.9 Å². The lowest BCUT2D eigenvalue weighted by molar-refractivity contribution is -0.143. The summed E-state index contributed by atoms with van der Waals surface area (Å²) < 4.78 is 13.1. The van der Waals surface area contributed by atoms with Crippen molar-refractivity contribution in [3.63, 3.8) is 0 Å². The number of carboxylic acids is 1. The zero-order valence-electron chi connectivity index (χ0n) is 18.7. The average Bonchev–Trinajstić information content (AvgIpc) is 3.13. The van der Waals surface area contributed by atoms with E-state index in [1.54, 1.807) is 22.7 Å².